The van der Waals surface area contributed by atoms with E-state index in [1.54, 1.807) is 17.7 Å². The minimum Gasteiger partial charge on any atom is -0.504 e. The fourth-order valence-corrected chi connectivity index (χ4v) is 2.98. The summed E-state index contributed by atoms with van der Waals surface area (Å²) < 4.78 is 17.3. The van der Waals surface area contributed by atoms with E-state index in [1.165, 1.54) is 33.5 Å². The first-order valence-electron chi connectivity index (χ1n) is 7.12. The van der Waals surface area contributed by atoms with Crippen LogP contribution in [0.15, 0.2) is 23.0 Å². The Morgan fingerprint density at radius 1 is 1.00 bits per heavy atom. The largest absolute Gasteiger partial charge is 0.504 e. The number of fused-ring (bicyclic) bond motifs is 2. The highest BCUT2D eigenvalue weighted by Crippen LogP contribution is 2.43. The molecule has 1 aromatic heterocycles. The average molecular weight is 331 g/mol. The summed E-state index contributed by atoms with van der Waals surface area (Å²) >= 11 is 0. The highest BCUT2D eigenvalue weighted by atomic mass is 16.5. The normalized spacial score (nSPS) is 11.0. The van der Waals surface area contributed by atoms with Crippen LogP contribution in [0.5, 0.6) is 28.7 Å². The molecule has 0 aliphatic heterocycles. The number of nitrogens with zero attached hydrogens (tertiary/aromatic N) is 1. The first kappa shape index (κ1) is 15.8. The molecule has 7 heteroatoms. The molecule has 126 valence electrons. The van der Waals surface area contributed by atoms with Gasteiger partial charge in [0.15, 0.2) is 23.0 Å². The predicted octanol–water partition coefficient (Wildman–Crippen LogP) is 2.13. The third-order valence-electron chi connectivity index (χ3n) is 4.11. The molecule has 0 atom stereocenters. The summed E-state index contributed by atoms with van der Waals surface area (Å²) in [5, 5.41) is 20.9. The molecule has 3 rings (SSSR count). The fraction of sp³-hybridized carbons (Fsp3) is 0.235. The van der Waals surface area contributed by atoms with Crippen molar-refractivity contribution >= 4 is 21.8 Å². The molecule has 0 saturated heterocycles. The van der Waals surface area contributed by atoms with Crippen molar-refractivity contribution in [2.75, 3.05) is 21.3 Å². The lowest BCUT2D eigenvalue weighted by atomic mass is 10.1. The van der Waals surface area contributed by atoms with Crippen LogP contribution in [0.1, 0.15) is 0 Å². The number of phenols is 2. The molecule has 3 aromatic rings. The Hall–Kier alpha value is -3.09. The lowest BCUT2D eigenvalue weighted by Gasteiger charge is -2.17. The minimum atomic E-state index is -0.394. The van der Waals surface area contributed by atoms with E-state index in [0.29, 0.717) is 16.4 Å². The number of hydrogen-bond donors (Lipinski definition) is 2. The lowest BCUT2D eigenvalue weighted by molar-refractivity contribution is 0.335. The molecule has 0 aliphatic rings. The maximum absolute atomic E-state index is 12.9. The molecule has 0 fully saturated rings. The number of ether oxygens (including phenoxy) is 3. The van der Waals surface area contributed by atoms with Crippen molar-refractivity contribution in [2.24, 2.45) is 7.05 Å². The van der Waals surface area contributed by atoms with Gasteiger partial charge in [-0.15, -0.1) is 0 Å². The summed E-state index contributed by atoms with van der Waals surface area (Å²) in [5.74, 6) is 0.192. The van der Waals surface area contributed by atoms with Crippen LogP contribution in [0, 0.1) is 0 Å². The van der Waals surface area contributed by atoms with Gasteiger partial charge >= 0.3 is 0 Å². The second-order valence-corrected chi connectivity index (χ2v) is 5.26. The van der Waals surface area contributed by atoms with Crippen molar-refractivity contribution < 1.29 is 24.4 Å². The third-order valence-corrected chi connectivity index (χ3v) is 4.11. The summed E-state index contributed by atoms with van der Waals surface area (Å²) in [4.78, 5) is 12.9. The zero-order valence-electron chi connectivity index (χ0n) is 13.7. The Morgan fingerprint density at radius 2 is 1.67 bits per heavy atom. The summed E-state index contributed by atoms with van der Waals surface area (Å²) in [6, 6.07) is 4.47. The van der Waals surface area contributed by atoms with Gasteiger partial charge in [-0.3, -0.25) is 4.79 Å². The molecule has 0 unspecified atom stereocenters. The molecule has 0 saturated carbocycles. The second kappa shape index (κ2) is 5.52. The van der Waals surface area contributed by atoms with Gasteiger partial charge in [0.25, 0.3) is 0 Å². The van der Waals surface area contributed by atoms with Gasteiger partial charge in [0.05, 0.1) is 43.1 Å². The zero-order chi connectivity index (χ0) is 17.6. The molecule has 2 N–H and O–H groups in total. The molecule has 2 aromatic carbocycles. The smallest absolute Gasteiger partial charge is 0.203 e. The van der Waals surface area contributed by atoms with Crippen LogP contribution in [0.3, 0.4) is 0 Å². The van der Waals surface area contributed by atoms with Crippen molar-refractivity contribution in [2.45, 2.75) is 0 Å². The number of aryl methyl sites for hydroxylation is 1. The van der Waals surface area contributed by atoms with Gasteiger partial charge < -0.3 is 29.0 Å². The summed E-state index contributed by atoms with van der Waals surface area (Å²) in [5.41, 5.74) is 0.447. The number of rotatable bonds is 3. The van der Waals surface area contributed by atoms with E-state index in [1.807, 2.05) is 0 Å². The second-order valence-electron chi connectivity index (χ2n) is 5.26. The Kier molecular flexibility index (Phi) is 3.63. The summed E-state index contributed by atoms with van der Waals surface area (Å²) in [6.07, 6.45) is 0. The number of pyridine rings is 1. The van der Waals surface area contributed by atoms with Gasteiger partial charge in [-0.05, 0) is 12.1 Å². The minimum absolute atomic E-state index is 0.0796. The van der Waals surface area contributed by atoms with Crippen molar-refractivity contribution in [3.63, 3.8) is 0 Å². The first-order chi connectivity index (χ1) is 11.5. The molecule has 0 radical (unpaired) electrons. The van der Waals surface area contributed by atoms with Gasteiger partial charge in [-0.1, -0.05) is 0 Å². The molecule has 0 aliphatic carbocycles. The highest BCUT2D eigenvalue weighted by molar-refractivity contribution is 6.01. The van der Waals surface area contributed by atoms with Crippen LogP contribution in [-0.4, -0.2) is 36.1 Å². The molecule has 7 nitrogen and oxygen atoms in total. The van der Waals surface area contributed by atoms with E-state index in [-0.39, 0.29) is 34.1 Å². The first-order valence-corrected chi connectivity index (χ1v) is 7.12. The van der Waals surface area contributed by atoms with Crippen LogP contribution in [0.25, 0.3) is 21.8 Å². The van der Waals surface area contributed by atoms with Crippen molar-refractivity contribution in [1.82, 2.24) is 4.57 Å². The van der Waals surface area contributed by atoms with E-state index in [0.717, 1.165) is 0 Å². The average Bonchev–Trinajstić information content (AvgIpc) is 2.58. The number of aromatic nitrogens is 1. The van der Waals surface area contributed by atoms with Gasteiger partial charge in [0.2, 0.25) is 11.2 Å². The molecule has 0 amide bonds. The van der Waals surface area contributed by atoms with Gasteiger partial charge in [-0.25, -0.2) is 0 Å². The standard InChI is InChI=1S/C17H17NO6/c1-18-9-7-11(22-2)17(24-4)15(21)12(9)14(20)8-5-6-10(19)16(23-3)13(8)18/h5-7,19,21H,1-4H3. The van der Waals surface area contributed by atoms with Gasteiger partial charge in [0.1, 0.15) is 0 Å². The maximum Gasteiger partial charge on any atom is 0.203 e. The Balaban J connectivity index is 2.65. The van der Waals surface area contributed by atoms with Crippen molar-refractivity contribution in [1.29, 1.82) is 0 Å². The Morgan fingerprint density at radius 3 is 2.25 bits per heavy atom. The van der Waals surface area contributed by atoms with E-state index in [4.69, 9.17) is 14.2 Å². The van der Waals surface area contributed by atoms with Crippen LogP contribution >= 0.6 is 0 Å². The molecule has 1 heterocycles. The molecule has 0 spiro atoms. The Bertz CT molecular complexity index is 1020. The van der Waals surface area contributed by atoms with E-state index < -0.39 is 5.43 Å². The molecule has 24 heavy (non-hydrogen) atoms. The zero-order valence-corrected chi connectivity index (χ0v) is 13.7. The number of benzene rings is 2. The number of methoxy groups -OCH3 is 3. The van der Waals surface area contributed by atoms with Gasteiger partial charge in [0, 0.05) is 13.1 Å². The maximum atomic E-state index is 12.9. The van der Waals surface area contributed by atoms with Crippen molar-refractivity contribution in [3.8, 4) is 28.7 Å². The summed E-state index contributed by atoms with van der Waals surface area (Å²) in [7, 11) is 5.94. The lowest BCUT2D eigenvalue weighted by Crippen LogP contribution is -2.11. The predicted molar refractivity (Wildman–Crippen MR) is 89.7 cm³/mol. The highest BCUT2D eigenvalue weighted by Gasteiger charge is 2.22. The third kappa shape index (κ3) is 1.94. The van der Waals surface area contributed by atoms with E-state index >= 15 is 0 Å². The topological polar surface area (TPSA) is 90.2 Å². The number of hydrogen-bond acceptors (Lipinski definition) is 6. The number of phenolic OH excluding ortho intramolecular Hbond substituents is 2. The molecular weight excluding hydrogens is 314 g/mol. The monoisotopic (exact) mass is 331 g/mol. The van der Waals surface area contributed by atoms with E-state index in [9.17, 15) is 15.0 Å². The van der Waals surface area contributed by atoms with E-state index in [2.05, 4.69) is 0 Å². The summed E-state index contributed by atoms with van der Waals surface area (Å²) in [6.45, 7) is 0. The number of aromatic hydroxyl groups is 2. The molecule has 0 bridgehead atoms. The van der Waals surface area contributed by atoms with Crippen LogP contribution < -0.4 is 19.6 Å². The van der Waals surface area contributed by atoms with Crippen LogP contribution in [0.4, 0.5) is 0 Å². The Labute approximate surface area is 137 Å². The van der Waals surface area contributed by atoms with Crippen LogP contribution in [0.2, 0.25) is 0 Å². The molecular formula is C17H17NO6. The van der Waals surface area contributed by atoms with Crippen molar-refractivity contribution in [3.05, 3.63) is 28.4 Å². The quantitative estimate of drug-likeness (QED) is 0.715. The SMILES string of the molecule is COc1cc2c(c(O)c1OC)c(=O)c1ccc(O)c(OC)c1n2C. The van der Waals surface area contributed by atoms with Gasteiger partial charge in [-0.2, -0.15) is 0 Å². The van der Waals surface area contributed by atoms with Crippen LogP contribution in [-0.2, 0) is 7.05 Å². The fourth-order valence-electron chi connectivity index (χ4n) is 2.98.